The molecule has 1 aromatic heterocycles. The van der Waals surface area contributed by atoms with Crippen molar-refractivity contribution in [3.8, 4) is 5.75 Å². The molecule has 1 aliphatic rings. The Bertz CT molecular complexity index is 1430. The molecule has 6 heteroatoms. The summed E-state index contributed by atoms with van der Waals surface area (Å²) in [5.41, 5.74) is 16.6. The molecule has 0 fully saturated rings. The molecule has 37 heavy (non-hydrogen) atoms. The molecule has 2 heterocycles. The van der Waals surface area contributed by atoms with Gasteiger partial charge in [0.2, 0.25) is 0 Å². The summed E-state index contributed by atoms with van der Waals surface area (Å²) in [4.78, 5) is 7.02. The van der Waals surface area contributed by atoms with Gasteiger partial charge in [-0.15, -0.1) is 0 Å². The molecule has 1 atom stereocenters. The molecular weight excluding hydrogens is 458 g/mol. The lowest BCUT2D eigenvalue weighted by Crippen LogP contribution is -2.26. The van der Waals surface area contributed by atoms with Crippen molar-refractivity contribution < 1.29 is 4.74 Å². The maximum Gasteiger partial charge on any atom is 0.124 e. The second-order valence-corrected chi connectivity index (χ2v) is 10.2. The number of nitrogen functional groups attached to an aromatic ring is 1. The fraction of sp³-hybridized carbons (Fsp3) is 0.323. The molecule has 1 aliphatic heterocycles. The molecule has 0 saturated heterocycles. The number of anilines is 2. The molecule has 0 bridgehead atoms. The van der Waals surface area contributed by atoms with E-state index in [2.05, 4.69) is 73.1 Å². The number of rotatable bonds is 6. The summed E-state index contributed by atoms with van der Waals surface area (Å²) >= 11 is 0. The Morgan fingerprint density at radius 1 is 1.11 bits per heavy atom. The fourth-order valence-corrected chi connectivity index (χ4v) is 5.51. The Labute approximate surface area is 219 Å². The first-order valence-corrected chi connectivity index (χ1v) is 13.0. The molecule has 4 aromatic rings. The topological polar surface area (TPSA) is 80.6 Å². The van der Waals surface area contributed by atoms with Crippen LogP contribution in [0.5, 0.6) is 5.75 Å². The molecule has 0 saturated carbocycles. The summed E-state index contributed by atoms with van der Waals surface area (Å²) in [7, 11) is 1.82. The van der Waals surface area contributed by atoms with Gasteiger partial charge in [-0.1, -0.05) is 37.3 Å². The normalized spacial score (nSPS) is 14.6. The summed E-state index contributed by atoms with van der Waals surface area (Å²) in [5, 5.41) is 2.70. The minimum Gasteiger partial charge on any atom is -0.492 e. The van der Waals surface area contributed by atoms with E-state index in [1.165, 1.54) is 27.8 Å². The van der Waals surface area contributed by atoms with Crippen LogP contribution in [0.2, 0.25) is 0 Å². The van der Waals surface area contributed by atoms with Gasteiger partial charge < -0.3 is 15.5 Å². The zero-order chi connectivity index (χ0) is 26.1. The number of aryl methyl sites for hydroxylation is 1. The van der Waals surface area contributed by atoms with E-state index >= 15 is 0 Å². The van der Waals surface area contributed by atoms with Crippen molar-refractivity contribution in [1.82, 2.24) is 9.88 Å². The highest BCUT2D eigenvalue weighted by atomic mass is 16.5. The van der Waals surface area contributed by atoms with E-state index in [4.69, 9.17) is 16.3 Å². The molecule has 5 rings (SSSR count). The van der Waals surface area contributed by atoms with Crippen LogP contribution in [0.3, 0.4) is 0 Å². The van der Waals surface area contributed by atoms with Crippen LogP contribution < -0.4 is 21.3 Å². The van der Waals surface area contributed by atoms with Gasteiger partial charge in [0.25, 0.3) is 0 Å². The van der Waals surface area contributed by atoms with Gasteiger partial charge in [-0.25, -0.2) is 5.84 Å². The molecule has 4 N–H and O–H groups in total. The molecule has 0 amide bonds. The predicted octanol–water partition coefficient (Wildman–Crippen LogP) is 5.68. The van der Waals surface area contributed by atoms with Gasteiger partial charge in [0.1, 0.15) is 12.4 Å². The van der Waals surface area contributed by atoms with Crippen molar-refractivity contribution in [1.29, 1.82) is 0 Å². The number of nitrogens with two attached hydrogens (primary N) is 2. The second-order valence-electron chi connectivity index (χ2n) is 10.2. The molecule has 0 radical (unpaired) electrons. The number of aromatic nitrogens is 1. The minimum atomic E-state index is 0.268. The van der Waals surface area contributed by atoms with Gasteiger partial charge >= 0.3 is 0 Å². The highest BCUT2D eigenvalue weighted by Gasteiger charge is 2.21. The third-order valence-electron chi connectivity index (χ3n) is 7.71. The monoisotopic (exact) mass is 495 g/mol. The van der Waals surface area contributed by atoms with Crippen molar-refractivity contribution in [3.63, 3.8) is 0 Å². The first-order valence-electron chi connectivity index (χ1n) is 13.0. The summed E-state index contributed by atoms with van der Waals surface area (Å²) in [5.74, 6) is 7.22. The summed E-state index contributed by atoms with van der Waals surface area (Å²) in [6.07, 6.45) is 2.84. The number of hydrogen-bond acceptors (Lipinski definition) is 6. The quantitative estimate of drug-likeness (QED) is 0.203. The number of ether oxygens (including phenoxy) is 1. The average molecular weight is 496 g/mol. The highest BCUT2D eigenvalue weighted by Crippen LogP contribution is 2.37. The number of fused-ring (bicyclic) bond motifs is 2. The zero-order valence-corrected chi connectivity index (χ0v) is 22.3. The Balaban J connectivity index is 1.43. The molecule has 192 valence electrons. The van der Waals surface area contributed by atoms with Crippen LogP contribution in [0.1, 0.15) is 52.6 Å². The van der Waals surface area contributed by atoms with Gasteiger partial charge in [-0.3, -0.25) is 9.88 Å². The lowest BCUT2D eigenvalue weighted by Gasteiger charge is -2.25. The zero-order valence-electron chi connectivity index (χ0n) is 22.3. The minimum absolute atomic E-state index is 0.268. The molecule has 6 nitrogen and oxygen atoms in total. The van der Waals surface area contributed by atoms with Crippen LogP contribution >= 0.6 is 0 Å². The van der Waals surface area contributed by atoms with Crippen LogP contribution in [0, 0.1) is 13.8 Å². The van der Waals surface area contributed by atoms with Crippen LogP contribution in [-0.2, 0) is 13.1 Å². The van der Waals surface area contributed by atoms with E-state index in [1.807, 2.05) is 25.4 Å². The van der Waals surface area contributed by atoms with E-state index in [0.29, 0.717) is 6.61 Å². The van der Waals surface area contributed by atoms with Crippen molar-refractivity contribution in [2.45, 2.75) is 46.2 Å². The van der Waals surface area contributed by atoms with Crippen molar-refractivity contribution in [3.05, 3.63) is 94.2 Å². The number of nitrogens with zero attached hydrogens (tertiary/aromatic N) is 3. The molecule has 3 aromatic carbocycles. The third-order valence-corrected chi connectivity index (χ3v) is 7.71. The maximum atomic E-state index is 6.48. The van der Waals surface area contributed by atoms with Gasteiger partial charge in [-0.2, -0.15) is 0 Å². The molecule has 0 aliphatic carbocycles. The molecule has 0 spiro atoms. The standard InChI is InChI=1S/C31H37N5O/c1-5-26(27-10-11-29(35(4)33)31(32)21(27)3)22-9-8-20(2)24(15-22)18-36-13-14-37-30-17-23-7-6-12-34-28(23)16-25(30)19-36/h6-12,15-17,26H,5,13-14,18-19,32-33H2,1-4H3. The Morgan fingerprint density at radius 2 is 1.95 bits per heavy atom. The number of hydrogen-bond donors (Lipinski definition) is 2. The lowest BCUT2D eigenvalue weighted by atomic mass is 9.84. The van der Waals surface area contributed by atoms with Gasteiger partial charge in [0.05, 0.1) is 16.9 Å². The van der Waals surface area contributed by atoms with Gasteiger partial charge in [0, 0.05) is 49.7 Å². The lowest BCUT2D eigenvalue weighted by molar-refractivity contribution is 0.219. The van der Waals surface area contributed by atoms with Gasteiger partial charge in [-0.05, 0) is 72.4 Å². The number of benzene rings is 3. The van der Waals surface area contributed by atoms with E-state index in [9.17, 15) is 0 Å². The summed E-state index contributed by atoms with van der Waals surface area (Å²) < 4.78 is 6.15. The third kappa shape index (κ3) is 4.99. The second kappa shape index (κ2) is 10.4. The van der Waals surface area contributed by atoms with Crippen LogP contribution in [0.4, 0.5) is 11.4 Å². The first kappa shape index (κ1) is 25.1. The molecular formula is C31H37N5O. The van der Waals surface area contributed by atoms with E-state index in [1.54, 1.807) is 5.01 Å². The maximum absolute atomic E-state index is 6.48. The van der Waals surface area contributed by atoms with Crippen LogP contribution in [0.25, 0.3) is 10.9 Å². The average Bonchev–Trinajstić information content (AvgIpc) is 3.08. The summed E-state index contributed by atoms with van der Waals surface area (Å²) in [6.45, 7) is 9.81. The molecule has 1 unspecified atom stereocenters. The van der Waals surface area contributed by atoms with E-state index in [0.717, 1.165) is 59.6 Å². The Hall–Kier alpha value is -3.61. The number of pyridine rings is 1. The number of hydrazine groups is 1. The SMILES string of the molecule is CCC(c1ccc(C)c(CN2CCOc3cc4cccnc4cc3C2)c1)c1ccc(N(C)N)c(N)c1C. The highest BCUT2D eigenvalue weighted by molar-refractivity contribution is 5.81. The van der Waals surface area contributed by atoms with Gasteiger partial charge in [0.15, 0.2) is 0 Å². The largest absolute Gasteiger partial charge is 0.492 e. The van der Waals surface area contributed by atoms with E-state index < -0.39 is 0 Å². The summed E-state index contributed by atoms with van der Waals surface area (Å²) in [6, 6.07) is 19.5. The van der Waals surface area contributed by atoms with Crippen molar-refractivity contribution in [2.24, 2.45) is 5.84 Å². The Morgan fingerprint density at radius 3 is 2.73 bits per heavy atom. The van der Waals surface area contributed by atoms with Crippen LogP contribution in [-0.4, -0.2) is 30.1 Å². The first-order chi connectivity index (χ1) is 17.9. The smallest absolute Gasteiger partial charge is 0.124 e. The van der Waals surface area contributed by atoms with Crippen molar-refractivity contribution >= 4 is 22.3 Å². The predicted molar refractivity (Wildman–Crippen MR) is 153 cm³/mol. The van der Waals surface area contributed by atoms with Crippen LogP contribution in [0.15, 0.2) is 60.8 Å². The fourth-order valence-electron chi connectivity index (χ4n) is 5.51. The Kier molecular flexibility index (Phi) is 7.04. The van der Waals surface area contributed by atoms with E-state index in [-0.39, 0.29) is 5.92 Å². The van der Waals surface area contributed by atoms with Crippen molar-refractivity contribution in [2.75, 3.05) is 30.9 Å².